The third-order valence-corrected chi connectivity index (χ3v) is 6.73. The number of carbonyl (C=O) groups excluding carboxylic acids is 2. The molecule has 0 atom stereocenters. The van der Waals surface area contributed by atoms with Gasteiger partial charge in [0.2, 0.25) is 11.8 Å². The summed E-state index contributed by atoms with van der Waals surface area (Å²) < 4.78 is 2.38. The Morgan fingerprint density at radius 2 is 1.62 bits per heavy atom. The molecular weight excluding hydrogens is 468 g/mol. The van der Waals surface area contributed by atoms with E-state index in [1.807, 2.05) is 32.0 Å². The van der Waals surface area contributed by atoms with Crippen molar-refractivity contribution in [2.45, 2.75) is 45.7 Å². The molecule has 37 heavy (non-hydrogen) atoms. The molecule has 1 aromatic heterocycles. The summed E-state index contributed by atoms with van der Waals surface area (Å²) in [4.78, 5) is 52.1. The lowest BCUT2D eigenvalue weighted by molar-refractivity contribution is -0.120. The van der Waals surface area contributed by atoms with Crippen molar-refractivity contribution in [1.29, 1.82) is 0 Å². The quantitative estimate of drug-likeness (QED) is 0.410. The Bertz CT molecular complexity index is 1630. The van der Waals surface area contributed by atoms with E-state index in [9.17, 15) is 19.2 Å². The fraction of sp³-hybridized carbons (Fsp3) is 0.241. The van der Waals surface area contributed by atoms with Crippen LogP contribution in [0.15, 0.2) is 76.3 Å². The number of amides is 2. The zero-order chi connectivity index (χ0) is 26.1. The summed E-state index contributed by atoms with van der Waals surface area (Å²) in [5.74, 6) is -0.418. The monoisotopic (exact) mass is 496 g/mol. The van der Waals surface area contributed by atoms with Crippen LogP contribution in [0.3, 0.4) is 0 Å². The molecule has 0 saturated heterocycles. The molecule has 1 aliphatic carbocycles. The van der Waals surface area contributed by atoms with Crippen molar-refractivity contribution in [3.63, 3.8) is 0 Å². The van der Waals surface area contributed by atoms with Crippen molar-refractivity contribution >= 4 is 28.4 Å². The molecule has 0 radical (unpaired) electrons. The molecule has 1 saturated carbocycles. The zero-order valence-electron chi connectivity index (χ0n) is 20.8. The van der Waals surface area contributed by atoms with Crippen LogP contribution in [0.1, 0.15) is 29.5 Å². The summed E-state index contributed by atoms with van der Waals surface area (Å²) in [6.07, 6.45) is 2.26. The molecular formula is C29H28N4O4. The lowest BCUT2D eigenvalue weighted by Gasteiger charge is -2.15. The first kappa shape index (κ1) is 24.2. The van der Waals surface area contributed by atoms with Gasteiger partial charge in [-0.3, -0.25) is 19.0 Å². The summed E-state index contributed by atoms with van der Waals surface area (Å²) in [6.45, 7) is 3.63. The highest BCUT2D eigenvalue weighted by Crippen LogP contribution is 2.20. The minimum absolute atomic E-state index is 0.0460. The summed E-state index contributed by atoms with van der Waals surface area (Å²) in [5, 5.41) is 6.16. The number of hydrogen-bond donors (Lipinski definition) is 2. The highest BCUT2D eigenvalue weighted by molar-refractivity contribution is 5.92. The van der Waals surface area contributed by atoms with Crippen LogP contribution in [0.2, 0.25) is 0 Å². The molecule has 0 aliphatic heterocycles. The molecule has 8 heteroatoms. The molecule has 5 rings (SSSR count). The van der Waals surface area contributed by atoms with Crippen LogP contribution in [0, 0.1) is 13.8 Å². The van der Waals surface area contributed by atoms with E-state index in [1.54, 1.807) is 48.5 Å². The maximum Gasteiger partial charge on any atom is 0.336 e. The topological polar surface area (TPSA) is 102 Å². The van der Waals surface area contributed by atoms with E-state index in [1.165, 1.54) is 4.57 Å². The van der Waals surface area contributed by atoms with E-state index in [4.69, 9.17) is 0 Å². The van der Waals surface area contributed by atoms with Gasteiger partial charge in [0.05, 0.1) is 23.0 Å². The fourth-order valence-corrected chi connectivity index (χ4v) is 4.38. The van der Waals surface area contributed by atoms with Gasteiger partial charge < -0.3 is 10.6 Å². The molecule has 1 aliphatic rings. The Kier molecular flexibility index (Phi) is 6.48. The van der Waals surface area contributed by atoms with Crippen molar-refractivity contribution in [1.82, 2.24) is 14.5 Å². The van der Waals surface area contributed by atoms with Crippen molar-refractivity contribution in [3.8, 4) is 5.69 Å². The van der Waals surface area contributed by atoms with Gasteiger partial charge in [-0.15, -0.1) is 0 Å². The van der Waals surface area contributed by atoms with Crippen LogP contribution < -0.4 is 21.9 Å². The molecule has 2 amide bonds. The van der Waals surface area contributed by atoms with E-state index in [2.05, 4.69) is 10.6 Å². The predicted octanol–water partition coefficient (Wildman–Crippen LogP) is 3.23. The van der Waals surface area contributed by atoms with Gasteiger partial charge in [-0.05, 0) is 73.7 Å². The first-order valence-electron chi connectivity index (χ1n) is 12.3. The van der Waals surface area contributed by atoms with E-state index >= 15 is 0 Å². The van der Waals surface area contributed by atoms with Gasteiger partial charge >= 0.3 is 5.69 Å². The molecule has 2 N–H and O–H groups in total. The predicted molar refractivity (Wildman–Crippen MR) is 143 cm³/mol. The van der Waals surface area contributed by atoms with Gasteiger partial charge in [-0.2, -0.15) is 0 Å². The average Bonchev–Trinajstić information content (AvgIpc) is 3.69. The molecule has 4 aromatic rings. The van der Waals surface area contributed by atoms with Crippen molar-refractivity contribution < 1.29 is 9.59 Å². The maximum absolute atomic E-state index is 13.6. The SMILES string of the molecule is Cc1cccc(NC(=O)Cn2c(=O)n(-c3ccc(CC(=O)NC4CC4)cc3)c(=O)c3ccccc32)c1C. The van der Waals surface area contributed by atoms with Crippen molar-refractivity contribution in [2.24, 2.45) is 0 Å². The molecule has 0 bridgehead atoms. The first-order chi connectivity index (χ1) is 17.8. The standard InChI is InChI=1S/C29H28N4O4/c1-18-6-5-8-24(19(18)2)31-27(35)17-32-25-9-4-3-7-23(25)28(36)33(29(32)37)22-14-10-20(11-15-22)16-26(34)30-21-12-13-21/h3-11,14-15,21H,12-13,16-17H2,1-2H3,(H,30,34)(H,31,35). The lowest BCUT2D eigenvalue weighted by Crippen LogP contribution is -2.40. The summed E-state index contributed by atoms with van der Waals surface area (Å²) in [5.41, 5.74) is 3.13. The number of aromatic nitrogens is 2. The summed E-state index contributed by atoms with van der Waals surface area (Å²) in [6, 6.07) is 19.5. The van der Waals surface area contributed by atoms with Gasteiger partial charge in [0, 0.05) is 11.7 Å². The Balaban J connectivity index is 1.48. The summed E-state index contributed by atoms with van der Waals surface area (Å²) in [7, 11) is 0. The second-order valence-corrected chi connectivity index (χ2v) is 9.51. The van der Waals surface area contributed by atoms with Crippen LogP contribution in [0.4, 0.5) is 5.69 Å². The largest absolute Gasteiger partial charge is 0.353 e. The van der Waals surface area contributed by atoms with Crippen LogP contribution in [-0.2, 0) is 22.6 Å². The van der Waals surface area contributed by atoms with Crippen LogP contribution in [0.5, 0.6) is 0 Å². The van der Waals surface area contributed by atoms with Gasteiger partial charge in [0.25, 0.3) is 5.56 Å². The van der Waals surface area contributed by atoms with Crippen LogP contribution in [0.25, 0.3) is 16.6 Å². The number of rotatable bonds is 7. The highest BCUT2D eigenvalue weighted by Gasteiger charge is 2.23. The Hall–Kier alpha value is -4.46. The number of nitrogens with zero attached hydrogens (tertiary/aromatic N) is 2. The number of fused-ring (bicyclic) bond motifs is 1. The second-order valence-electron chi connectivity index (χ2n) is 9.51. The third-order valence-electron chi connectivity index (χ3n) is 6.73. The maximum atomic E-state index is 13.6. The van der Waals surface area contributed by atoms with Gasteiger partial charge in [0.1, 0.15) is 6.54 Å². The molecule has 0 spiro atoms. The fourth-order valence-electron chi connectivity index (χ4n) is 4.38. The minimum atomic E-state index is -0.612. The smallest absolute Gasteiger partial charge is 0.336 e. The Labute approximate surface area is 213 Å². The number of hydrogen-bond acceptors (Lipinski definition) is 4. The third kappa shape index (κ3) is 5.09. The lowest BCUT2D eigenvalue weighted by atomic mass is 10.1. The highest BCUT2D eigenvalue weighted by atomic mass is 16.2. The van der Waals surface area contributed by atoms with E-state index in [-0.39, 0.29) is 30.8 Å². The molecule has 188 valence electrons. The van der Waals surface area contributed by atoms with Gasteiger partial charge in [-0.25, -0.2) is 9.36 Å². The van der Waals surface area contributed by atoms with E-state index in [0.717, 1.165) is 34.1 Å². The van der Waals surface area contributed by atoms with Gasteiger partial charge in [0.15, 0.2) is 0 Å². The van der Waals surface area contributed by atoms with Crippen molar-refractivity contribution in [3.05, 3.63) is 104 Å². The molecule has 1 heterocycles. The van der Waals surface area contributed by atoms with Crippen molar-refractivity contribution in [2.75, 3.05) is 5.32 Å². The first-order valence-corrected chi connectivity index (χ1v) is 12.3. The normalized spacial score (nSPS) is 12.9. The average molecular weight is 497 g/mol. The van der Waals surface area contributed by atoms with Gasteiger partial charge in [-0.1, -0.05) is 36.4 Å². The van der Waals surface area contributed by atoms with Crippen LogP contribution in [-0.4, -0.2) is 27.0 Å². The zero-order valence-corrected chi connectivity index (χ0v) is 20.8. The molecule has 0 unspecified atom stereocenters. The molecule has 1 fully saturated rings. The van der Waals surface area contributed by atoms with E-state index < -0.39 is 11.2 Å². The molecule has 3 aromatic carbocycles. The number of para-hydroxylation sites is 1. The number of carbonyl (C=O) groups is 2. The Morgan fingerprint density at radius 3 is 2.35 bits per heavy atom. The second kappa shape index (κ2) is 9.89. The number of aryl methyl sites for hydroxylation is 1. The number of nitrogens with one attached hydrogen (secondary N) is 2. The Morgan fingerprint density at radius 1 is 0.892 bits per heavy atom. The minimum Gasteiger partial charge on any atom is -0.353 e. The number of anilines is 1. The molecule has 8 nitrogen and oxygen atoms in total. The number of benzene rings is 3. The van der Waals surface area contributed by atoms with Crippen LogP contribution >= 0.6 is 0 Å². The van der Waals surface area contributed by atoms with E-state index in [0.29, 0.717) is 22.3 Å². The summed E-state index contributed by atoms with van der Waals surface area (Å²) >= 11 is 0.